The molecular formula is C23H26N4O. The zero-order chi connectivity index (χ0) is 19.3. The molecular weight excluding hydrogens is 348 g/mol. The van der Waals surface area contributed by atoms with E-state index in [-0.39, 0.29) is 5.91 Å². The molecule has 1 aliphatic heterocycles. The first-order valence-corrected chi connectivity index (χ1v) is 9.95. The minimum atomic E-state index is 0.229. The molecule has 1 saturated heterocycles. The summed E-state index contributed by atoms with van der Waals surface area (Å²) in [7, 11) is 0. The number of likely N-dealkylation sites (tertiary alicyclic amines) is 1. The third-order valence-electron chi connectivity index (χ3n) is 5.50. The minimum absolute atomic E-state index is 0.229. The van der Waals surface area contributed by atoms with E-state index in [4.69, 9.17) is 0 Å². The second kappa shape index (κ2) is 8.38. The van der Waals surface area contributed by atoms with Crippen molar-refractivity contribution in [3.63, 3.8) is 0 Å². The number of nitrogens with zero attached hydrogens (tertiary/aromatic N) is 4. The quantitative estimate of drug-likeness (QED) is 0.684. The van der Waals surface area contributed by atoms with E-state index in [1.165, 1.54) is 0 Å². The lowest BCUT2D eigenvalue weighted by Gasteiger charge is -2.33. The molecule has 1 fully saturated rings. The SMILES string of the molecule is Cc1cnc(-c2ccncc2)n1CC1CCCN(C(=O)Cc2ccccc2)C1. The van der Waals surface area contributed by atoms with Crippen molar-refractivity contribution < 1.29 is 4.79 Å². The van der Waals surface area contributed by atoms with E-state index in [1.807, 2.05) is 53.6 Å². The van der Waals surface area contributed by atoms with Gasteiger partial charge < -0.3 is 9.47 Å². The van der Waals surface area contributed by atoms with Crippen LogP contribution in [0.2, 0.25) is 0 Å². The Bertz CT molecular complexity index is 920. The van der Waals surface area contributed by atoms with Crippen molar-refractivity contribution in [3.05, 3.63) is 72.3 Å². The number of imidazole rings is 1. The maximum atomic E-state index is 12.8. The number of carbonyl (C=O) groups excluding carboxylic acids is 1. The summed E-state index contributed by atoms with van der Waals surface area (Å²) < 4.78 is 2.28. The number of amides is 1. The summed E-state index contributed by atoms with van der Waals surface area (Å²) in [6.07, 6.45) is 8.21. The van der Waals surface area contributed by atoms with Gasteiger partial charge in [-0.05, 0) is 43.4 Å². The first-order chi connectivity index (χ1) is 13.7. The van der Waals surface area contributed by atoms with Gasteiger partial charge in [-0.1, -0.05) is 30.3 Å². The highest BCUT2D eigenvalue weighted by Gasteiger charge is 2.25. The summed E-state index contributed by atoms with van der Waals surface area (Å²) >= 11 is 0. The topological polar surface area (TPSA) is 51.0 Å². The minimum Gasteiger partial charge on any atom is -0.342 e. The highest BCUT2D eigenvalue weighted by molar-refractivity contribution is 5.78. The summed E-state index contributed by atoms with van der Waals surface area (Å²) in [5, 5.41) is 0. The molecule has 144 valence electrons. The molecule has 3 aromatic rings. The summed E-state index contributed by atoms with van der Waals surface area (Å²) in [5.74, 6) is 1.65. The van der Waals surface area contributed by atoms with Crippen LogP contribution in [0.5, 0.6) is 0 Å². The van der Waals surface area contributed by atoms with E-state index in [2.05, 4.69) is 21.5 Å². The van der Waals surface area contributed by atoms with Gasteiger partial charge in [0.2, 0.25) is 5.91 Å². The second-order valence-corrected chi connectivity index (χ2v) is 7.58. The molecule has 3 heterocycles. The second-order valence-electron chi connectivity index (χ2n) is 7.58. The third kappa shape index (κ3) is 4.14. The molecule has 1 aliphatic rings. The lowest BCUT2D eigenvalue weighted by atomic mass is 9.97. The van der Waals surface area contributed by atoms with Gasteiger partial charge in [-0.2, -0.15) is 0 Å². The molecule has 4 rings (SSSR count). The molecule has 0 aliphatic carbocycles. The molecule has 1 amide bonds. The van der Waals surface area contributed by atoms with Crippen LogP contribution >= 0.6 is 0 Å². The molecule has 5 heteroatoms. The van der Waals surface area contributed by atoms with Crippen molar-refractivity contribution in [3.8, 4) is 11.4 Å². The smallest absolute Gasteiger partial charge is 0.226 e. The number of aryl methyl sites for hydroxylation is 1. The van der Waals surface area contributed by atoms with Crippen LogP contribution in [-0.4, -0.2) is 38.4 Å². The maximum Gasteiger partial charge on any atom is 0.226 e. The highest BCUT2D eigenvalue weighted by atomic mass is 16.2. The molecule has 1 unspecified atom stereocenters. The van der Waals surface area contributed by atoms with E-state index < -0.39 is 0 Å². The largest absolute Gasteiger partial charge is 0.342 e. The first kappa shape index (κ1) is 18.4. The number of aromatic nitrogens is 3. The fourth-order valence-electron chi connectivity index (χ4n) is 4.00. The van der Waals surface area contributed by atoms with Crippen molar-refractivity contribution in [2.24, 2.45) is 5.92 Å². The molecule has 2 aromatic heterocycles. The van der Waals surface area contributed by atoms with Gasteiger partial charge in [0, 0.05) is 49.5 Å². The van der Waals surface area contributed by atoms with Crippen molar-refractivity contribution >= 4 is 5.91 Å². The van der Waals surface area contributed by atoms with Gasteiger partial charge in [-0.15, -0.1) is 0 Å². The summed E-state index contributed by atoms with van der Waals surface area (Å²) in [6.45, 7) is 4.67. The number of hydrogen-bond donors (Lipinski definition) is 0. The fourth-order valence-corrected chi connectivity index (χ4v) is 4.00. The highest BCUT2D eigenvalue weighted by Crippen LogP contribution is 2.24. The van der Waals surface area contributed by atoms with Gasteiger partial charge in [-0.3, -0.25) is 9.78 Å². The number of carbonyl (C=O) groups is 1. The standard InChI is InChI=1S/C23H26N4O/c1-18-15-25-23(21-9-11-24-12-10-21)27(18)17-20-8-5-13-26(16-20)22(28)14-19-6-3-2-4-7-19/h2-4,6-7,9-12,15,20H,5,8,13-14,16-17H2,1H3. The Morgan fingerprint density at radius 3 is 2.71 bits per heavy atom. The zero-order valence-corrected chi connectivity index (χ0v) is 16.3. The van der Waals surface area contributed by atoms with Crippen molar-refractivity contribution in [2.75, 3.05) is 13.1 Å². The van der Waals surface area contributed by atoms with Crippen LogP contribution in [0.15, 0.2) is 61.1 Å². The van der Waals surface area contributed by atoms with Crippen molar-refractivity contribution in [2.45, 2.75) is 32.7 Å². The molecule has 5 nitrogen and oxygen atoms in total. The number of rotatable bonds is 5. The maximum absolute atomic E-state index is 12.8. The Labute approximate surface area is 166 Å². The van der Waals surface area contributed by atoms with Gasteiger partial charge in [0.1, 0.15) is 5.82 Å². The van der Waals surface area contributed by atoms with Gasteiger partial charge in [0.05, 0.1) is 6.42 Å². The van der Waals surface area contributed by atoms with Crippen molar-refractivity contribution in [1.29, 1.82) is 0 Å². The molecule has 0 spiro atoms. The lowest BCUT2D eigenvalue weighted by molar-refractivity contribution is -0.132. The molecule has 28 heavy (non-hydrogen) atoms. The van der Waals surface area contributed by atoms with E-state index in [9.17, 15) is 4.79 Å². The zero-order valence-electron chi connectivity index (χ0n) is 16.3. The monoisotopic (exact) mass is 374 g/mol. The van der Waals surface area contributed by atoms with Gasteiger partial charge >= 0.3 is 0 Å². The fraction of sp³-hybridized carbons (Fsp3) is 0.348. The number of piperidine rings is 1. The summed E-state index contributed by atoms with van der Waals surface area (Å²) in [4.78, 5) is 23.5. The van der Waals surface area contributed by atoms with Crippen LogP contribution in [0.3, 0.4) is 0 Å². The Morgan fingerprint density at radius 2 is 1.93 bits per heavy atom. The van der Waals surface area contributed by atoms with E-state index in [1.54, 1.807) is 12.4 Å². The normalized spacial score (nSPS) is 16.9. The molecule has 0 saturated carbocycles. The molecule has 1 atom stereocenters. The predicted octanol–water partition coefficient (Wildman–Crippen LogP) is 3.73. The number of pyridine rings is 1. The first-order valence-electron chi connectivity index (χ1n) is 9.95. The van der Waals surface area contributed by atoms with Crippen LogP contribution in [-0.2, 0) is 17.8 Å². The van der Waals surface area contributed by atoms with Gasteiger partial charge in [0.15, 0.2) is 0 Å². The van der Waals surface area contributed by atoms with Crippen LogP contribution in [0.25, 0.3) is 11.4 Å². The molecule has 1 aromatic carbocycles. The number of benzene rings is 1. The van der Waals surface area contributed by atoms with Crippen LogP contribution in [0, 0.1) is 12.8 Å². The molecule has 0 radical (unpaired) electrons. The van der Waals surface area contributed by atoms with E-state index >= 15 is 0 Å². The van der Waals surface area contributed by atoms with Crippen LogP contribution < -0.4 is 0 Å². The Kier molecular flexibility index (Phi) is 5.51. The Balaban J connectivity index is 1.45. The van der Waals surface area contributed by atoms with Crippen LogP contribution in [0.1, 0.15) is 24.1 Å². The Hall–Kier alpha value is -2.95. The van der Waals surface area contributed by atoms with E-state index in [0.717, 1.165) is 55.1 Å². The molecule has 0 N–H and O–H groups in total. The lowest BCUT2D eigenvalue weighted by Crippen LogP contribution is -2.41. The molecule has 0 bridgehead atoms. The van der Waals surface area contributed by atoms with Crippen molar-refractivity contribution in [1.82, 2.24) is 19.4 Å². The summed E-state index contributed by atoms with van der Waals surface area (Å²) in [5.41, 5.74) is 3.32. The Morgan fingerprint density at radius 1 is 1.14 bits per heavy atom. The van der Waals surface area contributed by atoms with Crippen LogP contribution in [0.4, 0.5) is 0 Å². The van der Waals surface area contributed by atoms with Gasteiger partial charge in [0.25, 0.3) is 0 Å². The average Bonchev–Trinajstić information content (AvgIpc) is 3.10. The average molecular weight is 374 g/mol. The number of hydrogen-bond acceptors (Lipinski definition) is 3. The van der Waals surface area contributed by atoms with Gasteiger partial charge in [-0.25, -0.2) is 4.98 Å². The third-order valence-corrected chi connectivity index (χ3v) is 5.50. The van der Waals surface area contributed by atoms with E-state index in [0.29, 0.717) is 12.3 Å². The summed E-state index contributed by atoms with van der Waals surface area (Å²) in [6, 6.07) is 14.0. The predicted molar refractivity (Wildman–Crippen MR) is 110 cm³/mol.